The van der Waals surface area contributed by atoms with Crippen LogP contribution in [-0.4, -0.2) is 35.3 Å². The summed E-state index contributed by atoms with van der Waals surface area (Å²) in [5.41, 5.74) is -1.49. The van der Waals surface area contributed by atoms with Crippen LogP contribution in [0.3, 0.4) is 0 Å². The Morgan fingerprint density at radius 1 is 1.55 bits per heavy atom. The van der Waals surface area contributed by atoms with Crippen LogP contribution in [-0.2, 0) is 0 Å². The van der Waals surface area contributed by atoms with Crippen LogP contribution < -0.4 is 10.1 Å². The van der Waals surface area contributed by atoms with E-state index in [-0.39, 0.29) is 18.0 Å². The fraction of sp³-hybridized carbons (Fsp3) is 0.538. The first kappa shape index (κ1) is 16.3. The number of halogens is 1. The summed E-state index contributed by atoms with van der Waals surface area (Å²) in [5.74, 6) is -0.942. The minimum absolute atomic E-state index is 0.113. The van der Waals surface area contributed by atoms with Crippen molar-refractivity contribution in [1.29, 1.82) is 0 Å². The molecule has 1 atom stereocenters. The quantitative estimate of drug-likeness (QED) is 0.433. The van der Waals surface area contributed by atoms with E-state index < -0.39 is 16.3 Å². The zero-order valence-electron chi connectivity index (χ0n) is 11.6. The van der Waals surface area contributed by atoms with Gasteiger partial charge in [0.05, 0.1) is 11.0 Å². The van der Waals surface area contributed by atoms with Crippen LogP contribution >= 0.6 is 0 Å². The van der Waals surface area contributed by atoms with Crippen molar-refractivity contribution in [3.8, 4) is 5.75 Å². The molecule has 6 nitrogen and oxygen atoms in total. The highest BCUT2D eigenvalue weighted by Gasteiger charge is 2.22. The highest BCUT2D eigenvalue weighted by molar-refractivity contribution is 5.37. The Balaban J connectivity index is 2.58. The summed E-state index contributed by atoms with van der Waals surface area (Å²) < 4.78 is 18.7. The maximum atomic E-state index is 13.6. The molecular formula is C13H19FN2O4. The lowest BCUT2D eigenvalue weighted by atomic mass is 10.1. The van der Waals surface area contributed by atoms with Crippen molar-refractivity contribution in [2.45, 2.75) is 25.9 Å². The van der Waals surface area contributed by atoms with Crippen LogP contribution in [0.4, 0.5) is 10.1 Å². The summed E-state index contributed by atoms with van der Waals surface area (Å²) >= 11 is 0. The van der Waals surface area contributed by atoms with Gasteiger partial charge in [0.2, 0.25) is 0 Å². The van der Waals surface area contributed by atoms with Crippen molar-refractivity contribution in [1.82, 2.24) is 5.32 Å². The molecule has 0 radical (unpaired) electrons. The summed E-state index contributed by atoms with van der Waals surface area (Å²) in [4.78, 5) is 9.80. The maximum Gasteiger partial charge on any atom is 0.272 e. The van der Waals surface area contributed by atoms with E-state index in [2.05, 4.69) is 5.32 Å². The van der Waals surface area contributed by atoms with Gasteiger partial charge in [0.1, 0.15) is 12.2 Å². The molecule has 0 aliphatic rings. The van der Waals surface area contributed by atoms with Gasteiger partial charge >= 0.3 is 0 Å². The summed E-state index contributed by atoms with van der Waals surface area (Å²) in [6.07, 6.45) is 0.938. The Labute approximate surface area is 116 Å². The van der Waals surface area contributed by atoms with E-state index in [1.807, 2.05) is 6.92 Å². The highest BCUT2D eigenvalue weighted by Crippen LogP contribution is 2.23. The van der Waals surface area contributed by atoms with E-state index in [9.17, 15) is 19.6 Å². The maximum absolute atomic E-state index is 13.6. The van der Waals surface area contributed by atoms with Crippen LogP contribution in [0.15, 0.2) is 18.2 Å². The van der Waals surface area contributed by atoms with Gasteiger partial charge < -0.3 is 15.2 Å². The first-order valence-corrected chi connectivity index (χ1v) is 6.35. The second kappa shape index (κ2) is 7.16. The van der Waals surface area contributed by atoms with E-state index in [0.29, 0.717) is 6.54 Å². The Hall–Kier alpha value is -1.73. The molecule has 1 unspecified atom stereocenters. The minimum Gasteiger partial charge on any atom is -0.487 e. The van der Waals surface area contributed by atoms with Gasteiger partial charge in [-0.15, -0.1) is 0 Å². The van der Waals surface area contributed by atoms with Gasteiger partial charge in [-0.25, -0.2) is 4.39 Å². The van der Waals surface area contributed by atoms with Crippen molar-refractivity contribution in [2.24, 2.45) is 0 Å². The Morgan fingerprint density at radius 3 is 2.80 bits per heavy atom. The SMILES string of the molecule is CCCNCC(C)(O)COc1ccc([N+](=O)[O-])cc1F. The molecule has 112 valence electrons. The molecule has 0 saturated heterocycles. The molecule has 0 aliphatic heterocycles. The Kier molecular flexibility index (Phi) is 5.84. The Morgan fingerprint density at radius 2 is 2.25 bits per heavy atom. The van der Waals surface area contributed by atoms with Crippen molar-refractivity contribution in [3.05, 3.63) is 34.1 Å². The molecule has 1 aromatic rings. The highest BCUT2D eigenvalue weighted by atomic mass is 19.1. The van der Waals surface area contributed by atoms with Gasteiger partial charge in [-0.05, 0) is 26.0 Å². The number of nitrogens with zero attached hydrogens (tertiary/aromatic N) is 1. The second-order valence-electron chi connectivity index (χ2n) is 4.83. The number of nitro groups is 1. The molecule has 0 aliphatic carbocycles. The summed E-state index contributed by atoms with van der Waals surface area (Å²) in [5, 5.41) is 23.5. The molecule has 0 spiro atoms. The van der Waals surface area contributed by atoms with E-state index in [1.165, 1.54) is 6.07 Å². The molecule has 0 bridgehead atoms. The first-order chi connectivity index (χ1) is 9.35. The zero-order valence-corrected chi connectivity index (χ0v) is 11.6. The monoisotopic (exact) mass is 286 g/mol. The molecular weight excluding hydrogens is 267 g/mol. The molecule has 0 saturated carbocycles. The summed E-state index contributed by atoms with van der Waals surface area (Å²) in [6.45, 7) is 4.54. The lowest BCUT2D eigenvalue weighted by molar-refractivity contribution is -0.385. The predicted octanol–water partition coefficient (Wildman–Crippen LogP) is 1.86. The van der Waals surface area contributed by atoms with E-state index >= 15 is 0 Å². The number of nitro benzene ring substituents is 1. The fourth-order valence-corrected chi connectivity index (χ4v) is 1.54. The lowest BCUT2D eigenvalue weighted by Crippen LogP contribution is -2.43. The van der Waals surface area contributed by atoms with Gasteiger partial charge in [0.15, 0.2) is 11.6 Å². The average Bonchev–Trinajstić information content (AvgIpc) is 2.37. The zero-order chi connectivity index (χ0) is 15.2. The Bertz CT molecular complexity index is 466. The van der Waals surface area contributed by atoms with Gasteiger partial charge in [-0.3, -0.25) is 10.1 Å². The molecule has 0 aromatic heterocycles. The summed E-state index contributed by atoms with van der Waals surface area (Å²) in [6, 6.07) is 3.13. The normalized spacial score (nSPS) is 13.8. The third-order valence-electron chi connectivity index (χ3n) is 2.60. The molecule has 20 heavy (non-hydrogen) atoms. The van der Waals surface area contributed by atoms with Gasteiger partial charge in [-0.2, -0.15) is 0 Å². The third kappa shape index (κ3) is 5.10. The van der Waals surface area contributed by atoms with Crippen LogP contribution in [0.1, 0.15) is 20.3 Å². The van der Waals surface area contributed by atoms with E-state index in [4.69, 9.17) is 4.74 Å². The third-order valence-corrected chi connectivity index (χ3v) is 2.60. The number of benzene rings is 1. The second-order valence-corrected chi connectivity index (χ2v) is 4.83. The molecule has 0 amide bonds. The van der Waals surface area contributed by atoms with Crippen molar-refractivity contribution in [3.63, 3.8) is 0 Å². The molecule has 0 fully saturated rings. The van der Waals surface area contributed by atoms with Crippen molar-refractivity contribution < 1.29 is 19.2 Å². The van der Waals surface area contributed by atoms with Crippen LogP contribution in [0.2, 0.25) is 0 Å². The van der Waals surface area contributed by atoms with Gasteiger partial charge in [0, 0.05) is 12.6 Å². The van der Waals surface area contributed by atoms with E-state index in [0.717, 1.165) is 25.1 Å². The van der Waals surface area contributed by atoms with Crippen molar-refractivity contribution >= 4 is 5.69 Å². The van der Waals surface area contributed by atoms with Crippen LogP contribution in [0.5, 0.6) is 5.75 Å². The van der Waals surface area contributed by atoms with Gasteiger partial charge in [-0.1, -0.05) is 6.92 Å². The molecule has 7 heteroatoms. The fourth-order valence-electron chi connectivity index (χ4n) is 1.54. The van der Waals surface area contributed by atoms with Crippen LogP contribution in [0.25, 0.3) is 0 Å². The summed E-state index contributed by atoms with van der Waals surface area (Å²) in [7, 11) is 0. The van der Waals surface area contributed by atoms with Crippen LogP contribution in [0, 0.1) is 15.9 Å². The average molecular weight is 286 g/mol. The molecule has 1 aromatic carbocycles. The molecule has 0 heterocycles. The number of nitrogens with one attached hydrogen (secondary N) is 1. The minimum atomic E-state index is -1.15. The number of hydrogen-bond acceptors (Lipinski definition) is 5. The number of ether oxygens (including phenoxy) is 1. The number of non-ortho nitro benzene ring substituents is 1. The first-order valence-electron chi connectivity index (χ1n) is 6.35. The standard InChI is InChI=1S/C13H19FN2O4/c1-3-6-15-8-13(2,17)9-20-12-5-4-10(16(18)19)7-11(12)14/h4-5,7,15,17H,3,6,8-9H2,1-2H3. The van der Waals surface area contributed by atoms with E-state index in [1.54, 1.807) is 6.92 Å². The number of rotatable bonds is 8. The smallest absolute Gasteiger partial charge is 0.272 e. The molecule has 2 N–H and O–H groups in total. The number of hydrogen-bond donors (Lipinski definition) is 2. The largest absolute Gasteiger partial charge is 0.487 e. The molecule has 1 rings (SSSR count). The predicted molar refractivity (Wildman–Crippen MR) is 72.3 cm³/mol. The lowest BCUT2D eigenvalue weighted by Gasteiger charge is -2.24. The van der Waals surface area contributed by atoms with Gasteiger partial charge in [0.25, 0.3) is 5.69 Å². The number of aliphatic hydroxyl groups is 1. The van der Waals surface area contributed by atoms with Crippen molar-refractivity contribution in [2.75, 3.05) is 19.7 Å². The topological polar surface area (TPSA) is 84.6 Å².